The molecule has 2 aromatic rings. The first-order chi connectivity index (χ1) is 12.9. The minimum Gasteiger partial charge on any atom is -0.394 e. The molecule has 4 atom stereocenters. The summed E-state index contributed by atoms with van der Waals surface area (Å²) in [5.41, 5.74) is 6.26. The van der Waals surface area contributed by atoms with E-state index in [4.69, 9.17) is 10.5 Å². The average Bonchev–Trinajstić information content (AvgIpc) is 3.17. The predicted octanol–water partition coefficient (Wildman–Crippen LogP) is -1.35. The molecule has 2 aromatic heterocycles. The number of hydrogen-bond acceptors (Lipinski definition) is 11. The second-order valence-corrected chi connectivity index (χ2v) is 7.20. The fourth-order valence-corrected chi connectivity index (χ4v) is 3.84. The van der Waals surface area contributed by atoms with Crippen LogP contribution < -0.4 is 5.73 Å². The van der Waals surface area contributed by atoms with Crippen molar-refractivity contribution < 1.29 is 29.6 Å². The van der Waals surface area contributed by atoms with Crippen molar-refractivity contribution in [3.8, 4) is 0 Å². The van der Waals surface area contributed by atoms with Gasteiger partial charge in [-0.3, -0.25) is 14.2 Å². The molecule has 0 aromatic carbocycles. The minimum absolute atomic E-state index is 0.0789. The summed E-state index contributed by atoms with van der Waals surface area (Å²) in [5.74, 6) is -1.32. The smallest absolute Gasteiger partial charge is 0.209 e. The number of anilines is 1. The van der Waals surface area contributed by atoms with Crippen molar-refractivity contribution in [3.63, 3.8) is 0 Å². The molecular formula is C14H16BrN5O6S. The van der Waals surface area contributed by atoms with E-state index >= 15 is 0 Å². The van der Waals surface area contributed by atoms with Gasteiger partial charge in [-0.25, -0.2) is 15.0 Å². The Labute approximate surface area is 165 Å². The lowest BCUT2D eigenvalue weighted by Crippen LogP contribution is -2.33. The van der Waals surface area contributed by atoms with Gasteiger partial charge >= 0.3 is 0 Å². The number of aromatic nitrogens is 4. The topological polar surface area (TPSA) is 174 Å². The molecule has 0 radical (unpaired) electrons. The number of ether oxygens (including phenoxy) is 1. The van der Waals surface area contributed by atoms with Crippen molar-refractivity contribution in [2.75, 3.05) is 23.4 Å². The zero-order valence-electron chi connectivity index (χ0n) is 13.7. The standard InChI is InChI=1S/C14H16BrN5O6S/c15-1-5(22)6(23)3-27-14-19-8-11(16)17-4-18-12(8)20(14)13-10(25)9(24)7(2-21)26-13/h4,7,9-10,13,21,24-25H,1-3H2,(H2,16,17,18)/t7-,9-,10-,13-/m1/s1. The summed E-state index contributed by atoms with van der Waals surface area (Å²) >= 11 is 3.87. The van der Waals surface area contributed by atoms with Crippen LogP contribution in [0.4, 0.5) is 5.82 Å². The fourth-order valence-electron chi connectivity index (χ4n) is 2.62. The number of nitrogens with zero attached hydrogens (tertiary/aromatic N) is 4. The van der Waals surface area contributed by atoms with E-state index < -0.39 is 42.7 Å². The van der Waals surface area contributed by atoms with Crippen molar-refractivity contribution in [2.24, 2.45) is 0 Å². The summed E-state index contributed by atoms with van der Waals surface area (Å²) in [5, 5.41) is 29.8. The van der Waals surface area contributed by atoms with Gasteiger partial charge in [0.15, 0.2) is 28.4 Å². The number of alkyl halides is 1. The Kier molecular flexibility index (Phi) is 6.08. The Morgan fingerprint density at radius 1 is 1.30 bits per heavy atom. The summed E-state index contributed by atoms with van der Waals surface area (Å²) in [6, 6.07) is 0. The number of aliphatic hydroxyl groups is 3. The minimum atomic E-state index is -1.38. The zero-order valence-corrected chi connectivity index (χ0v) is 16.1. The number of hydrogen-bond donors (Lipinski definition) is 4. The van der Waals surface area contributed by atoms with Crippen LogP contribution in [0.2, 0.25) is 0 Å². The number of nitrogens with two attached hydrogens (primary N) is 1. The van der Waals surface area contributed by atoms with E-state index in [0.29, 0.717) is 0 Å². The lowest BCUT2D eigenvalue weighted by Gasteiger charge is -2.18. The predicted molar refractivity (Wildman–Crippen MR) is 97.3 cm³/mol. The molecule has 3 heterocycles. The van der Waals surface area contributed by atoms with E-state index in [1.807, 2.05) is 0 Å². The average molecular weight is 462 g/mol. The Morgan fingerprint density at radius 3 is 2.67 bits per heavy atom. The summed E-state index contributed by atoms with van der Waals surface area (Å²) in [4.78, 5) is 35.5. The summed E-state index contributed by atoms with van der Waals surface area (Å²) < 4.78 is 6.91. The number of carbonyl (C=O) groups is 2. The Hall–Kier alpha value is -1.64. The van der Waals surface area contributed by atoms with E-state index in [2.05, 4.69) is 30.9 Å². The highest BCUT2D eigenvalue weighted by Crippen LogP contribution is 2.36. The van der Waals surface area contributed by atoms with Crippen LogP contribution in [0.3, 0.4) is 0 Å². The molecule has 0 unspecified atom stereocenters. The fraction of sp³-hybridized carbons (Fsp3) is 0.500. The second-order valence-electron chi connectivity index (χ2n) is 5.69. The number of fused-ring (bicyclic) bond motifs is 1. The molecule has 13 heteroatoms. The van der Waals surface area contributed by atoms with Gasteiger partial charge in [-0.1, -0.05) is 27.7 Å². The van der Waals surface area contributed by atoms with E-state index in [9.17, 15) is 24.9 Å². The van der Waals surface area contributed by atoms with Gasteiger partial charge in [-0.15, -0.1) is 0 Å². The lowest BCUT2D eigenvalue weighted by molar-refractivity contribution is -0.133. The maximum absolute atomic E-state index is 11.8. The normalized spacial score (nSPS) is 25.2. The molecular weight excluding hydrogens is 446 g/mol. The molecule has 1 fully saturated rings. The summed E-state index contributed by atoms with van der Waals surface area (Å²) in [6.07, 6.45) is -3.64. The van der Waals surface area contributed by atoms with Crippen LogP contribution >= 0.6 is 27.7 Å². The van der Waals surface area contributed by atoms with Crippen molar-refractivity contribution >= 4 is 56.2 Å². The molecule has 0 spiro atoms. The number of imidazole rings is 1. The quantitative estimate of drug-likeness (QED) is 0.218. The van der Waals surface area contributed by atoms with Gasteiger partial charge in [-0.05, 0) is 0 Å². The molecule has 27 heavy (non-hydrogen) atoms. The molecule has 0 bridgehead atoms. The lowest BCUT2D eigenvalue weighted by atomic mass is 10.1. The largest absolute Gasteiger partial charge is 0.394 e. The van der Waals surface area contributed by atoms with Crippen LogP contribution in [0.15, 0.2) is 11.5 Å². The molecule has 11 nitrogen and oxygen atoms in total. The van der Waals surface area contributed by atoms with Gasteiger partial charge in [0.05, 0.1) is 17.7 Å². The molecule has 1 aliphatic rings. The van der Waals surface area contributed by atoms with Gasteiger partial charge in [-0.2, -0.15) is 0 Å². The van der Waals surface area contributed by atoms with E-state index in [1.54, 1.807) is 0 Å². The van der Waals surface area contributed by atoms with Gasteiger partial charge < -0.3 is 25.8 Å². The highest BCUT2D eigenvalue weighted by Gasteiger charge is 2.45. The third-order valence-electron chi connectivity index (χ3n) is 4.01. The first-order valence-corrected chi connectivity index (χ1v) is 9.85. The van der Waals surface area contributed by atoms with Gasteiger partial charge in [0, 0.05) is 0 Å². The monoisotopic (exact) mass is 461 g/mol. The molecule has 5 N–H and O–H groups in total. The van der Waals surface area contributed by atoms with E-state index in [-0.39, 0.29) is 33.2 Å². The number of nitrogen functional groups attached to an aromatic ring is 1. The number of ketones is 2. The van der Waals surface area contributed by atoms with Gasteiger partial charge in [0.2, 0.25) is 11.6 Å². The molecule has 0 amide bonds. The van der Waals surface area contributed by atoms with Crippen molar-refractivity contribution in [2.45, 2.75) is 29.7 Å². The summed E-state index contributed by atoms with van der Waals surface area (Å²) in [7, 11) is 0. The maximum Gasteiger partial charge on any atom is 0.209 e. The molecule has 0 aliphatic carbocycles. The second kappa shape index (κ2) is 8.16. The van der Waals surface area contributed by atoms with Crippen molar-refractivity contribution in [1.82, 2.24) is 19.5 Å². The van der Waals surface area contributed by atoms with E-state index in [0.717, 1.165) is 11.8 Å². The zero-order chi connectivity index (χ0) is 19.7. The number of Topliss-reactive ketones (excluding diaryl/α,β-unsaturated/α-hetero) is 2. The molecule has 1 aliphatic heterocycles. The van der Waals surface area contributed by atoms with Gasteiger partial charge in [0.1, 0.15) is 24.6 Å². The SMILES string of the molecule is Nc1ncnc2c1nc(SCC(=O)C(=O)CBr)n2[C@@H]1O[C@H](CO)[C@@H](O)[C@H]1O. The maximum atomic E-state index is 11.8. The van der Waals surface area contributed by atoms with Crippen LogP contribution in [0.5, 0.6) is 0 Å². The van der Waals surface area contributed by atoms with Gasteiger partial charge in [0.25, 0.3) is 0 Å². The van der Waals surface area contributed by atoms with Crippen molar-refractivity contribution in [3.05, 3.63) is 6.33 Å². The first kappa shape index (κ1) is 20.1. The molecule has 3 rings (SSSR count). The number of halogens is 1. The highest BCUT2D eigenvalue weighted by molar-refractivity contribution is 9.09. The van der Waals surface area contributed by atoms with Crippen LogP contribution in [0.1, 0.15) is 6.23 Å². The van der Waals surface area contributed by atoms with Crippen LogP contribution in [-0.2, 0) is 14.3 Å². The highest BCUT2D eigenvalue weighted by atomic mass is 79.9. The third kappa shape index (κ3) is 3.70. The van der Waals surface area contributed by atoms with Crippen molar-refractivity contribution in [1.29, 1.82) is 0 Å². The number of thioether (sulfide) groups is 1. The molecule has 0 saturated carbocycles. The number of aliphatic hydroxyl groups excluding tert-OH is 3. The number of carbonyl (C=O) groups excluding carboxylic acids is 2. The third-order valence-corrected chi connectivity index (χ3v) is 5.47. The first-order valence-electron chi connectivity index (χ1n) is 7.74. The summed E-state index contributed by atoms with van der Waals surface area (Å²) in [6.45, 7) is -0.501. The number of rotatable bonds is 7. The van der Waals surface area contributed by atoms with Crippen LogP contribution in [0.25, 0.3) is 11.2 Å². The van der Waals surface area contributed by atoms with Crippen LogP contribution in [0, 0.1) is 0 Å². The van der Waals surface area contributed by atoms with Crippen LogP contribution in [-0.4, -0.2) is 82.4 Å². The Morgan fingerprint density at radius 2 is 2.04 bits per heavy atom. The Balaban J connectivity index is 2.01. The molecule has 146 valence electrons. The van der Waals surface area contributed by atoms with E-state index in [1.165, 1.54) is 10.9 Å². The molecule has 1 saturated heterocycles. The Bertz CT molecular complexity index is 879.